The first-order chi connectivity index (χ1) is 9.78. The Morgan fingerprint density at radius 1 is 1.20 bits per heavy atom. The van der Waals surface area contributed by atoms with E-state index in [2.05, 4.69) is 18.4 Å². The summed E-state index contributed by atoms with van der Waals surface area (Å²) in [5.41, 5.74) is 0.938. The van der Waals surface area contributed by atoms with Gasteiger partial charge in [0.25, 0.3) is 0 Å². The van der Waals surface area contributed by atoms with Crippen LogP contribution in [0.25, 0.3) is 11.0 Å². The van der Waals surface area contributed by atoms with E-state index in [9.17, 15) is 0 Å². The highest BCUT2D eigenvalue weighted by molar-refractivity contribution is 6.31. The normalized spacial score (nSPS) is 30.2. The summed E-state index contributed by atoms with van der Waals surface area (Å²) in [5.74, 6) is 3.67. The van der Waals surface area contributed by atoms with Gasteiger partial charge in [-0.3, -0.25) is 0 Å². The summed E-state index contributed by atoms with van der Waals surface area (Å²) in [6, 6.07) is 8.36. The van der Waals surface area contributed by atoms with Gasteiger partial charge in [-0.2, -0.15) is 0 Å². The minimum Gasteiger partial charge on any atom is -0.459 e. The fourth-order valence-electron chi connectivity index (χ4n) is 4.25. The lowest BCUT2D eigenvalue weighted by atomic mass is 10.0. The van der Waals surface area contributed by atoms with Crippen molar-refractivity contribution in [3.63, 3.8) is 0 Å². The summed E-state index contributed by atoms with van der Waals surface area (Å²) in [6.07, 6.45) is 5.62. The number of furan rings is 1. The Morgan fingerprint density at radius 3 is 2.65 bits per heavy atom. The summed E-state index contributed by atoms with van der Waals surface area (Å²) < 4.78 is 6.06. The van der Waals surface area contributed by atoms with Crippen LogP contribution in [0.5, 0.6) is 0 Å². The molecular formula is C17H20ClNO. The molecular weight excluding hydrogens is 270 g/mol. The molecule has 4 rings (SSSR count). The molecule has 0 radical (unpaired) electrons. The second-order valence-electron chi connectivity index (χ2n) is 6.29. The minimum atomic E-state index is 0.356. The van der Waals surface area contributed by atoms with E-state index in [-0.39, 0.29) is 0 Å². The van der Waals surface area contributed by atoms with Crippen LogP contribution in [-0.4, -0.2) is 7.05 Å². The van der Waals surface area contributed by atoms with E-state index in [4.69, 9.17) is 16.0 Å². The van der Waals surface area contributed by atoms with Gasteiger partial charge in [-0.15, -0.1) is 0 Å². The Morgan fingerprint density at radius 2 is 1.95 bits per heavy atom. The third-order valence-corrected chi connectivity index (χ3v) is 5.46. The number of hydrogen-bond donors (Lipinski definition) is 1. The van der Waals surface area contributed by atoms with E-state index in [0.29, 0.717) is 6.04 Å². The number of hydrogen-bond acceptors (Lipinski definition) is 2. The molecule has 2 nitrogen and oxygen atoms in total. The van der Waals surface area contributed by atoms with Gasteiger partial charge < -0.3 is 9.73 Å². The monoisotopic (exact) mass is 289 g/mol. The van der Waals surface area contributed by atoms with Crippen molar-refractivity contribution in [3.8, 4) is 0 Å². The number of fused-ring (bicyclic) bond motifs is 2. The molecule has 2 aliphatic rings. The Hall–Kier alpha value is -0.990. The molecule has 1 aromatic carbocycles. The molecule has 0 bridgehead atoms. The van der Waals surface area contributed by atoms with Crippen LogP contribution >= 0.6 is 11.6 Å². The molecule has 0 amide bonds. The zero-order valence-corrected chi connectivity index (χ0v) is 12.5. The number of rotatable bonds is 3. The lowest BCUT2D eigenvalue weighted by Gasteiger charge is -2.13. The quantitative estimate of drug-likeness (QED) is 0.879. The lowest BCUT2D eigenvalue weighted by molar-refractivity contribution is 0.395. The van der Waals surface area contributed by atoms with Gasteiger partial charge in [0, 0.05) is 10.4 Å². The van der Waals surface area contributed by atoms with Crippen molar-refractivity contribution >= 4 is 22.6 Å². The lowest BCUT2D eigenvalue weighted by Crippen LogP contribution is -2.19. The summed E-state index contributed by atoms with van der Waals surface area (Å²) in [5, 5.41) is 5.36. The number of halogens is 1. The highest BCUT2D eigenvalue weighted by Gasteiger charge is 2.54. The van der Waals surface area contributed by atoms with Crippen molar-refractivity contribution in [1.82, 2.24) is 5.32 Å². The maximum atomic E-state index is 6.06. The van der Waals surface area contributed by atoms with Gasteiger partial charge in [0.1, 0.15) is 11.3 Å². The second kappa shape index (κ2) is 4.78. The molecule has 2 aliphatic carbocycles. The molecule has 0 saturated heterocycles. The molecule has 2 aromatic rings. The molecule has 20 heavy (non-hydrogen) atoms. The fraction of sp³-hybridized carbons (Fsp3) is 0.529. The Balaban J connectivity index is 1.66. The smallest absolute Gasteiger partial charge is 0.134 e. The summed E-state index contributed by atoms with van der Waals surface area (Å²) in [4.78, 5) is 0. The van der Waals surface area contributed by atoms with E-state index < -0.39 is 0 Å². The SMILES string of the molecule is CNC(c1cc2cc(Cl)ccc2o1)C1C2CCCCC21. The summed E-state index contributed by atoms with van der Waals surface area (Å²) in [7, 11) is 2.05. The second-order valence-corrected chi connectivity index (χ2v) is 6.72. The van der Waals surface area contributed by atoms with Crippen LogP contribution in [0.15, 0.2) is 28.7 Å². The fourth-order valence-corrected chi connectivity index (χ4v) is 4.44. The standard InChI is InChI=1S/C17H20ClNO/c1-19-17(16-12-4-2-3-5-13(12)16)15-9-10-8-11(18)6-7-14(10)20-15/h6-9,12-13,16-17,19H,2-5H2,1H3. The van der Waals surface area contributed by atoms with Crippen LogP contribution in [0, 0.1) is 17.8 Å². The molecule has 3 heteroatoms. The van der Waals surface area contributed by atoms with E-state index in [1.54, 1.807) is 0 Å². The van der Waals surface area contributed by atoms with Crippen molar-refractivity contribution in [2.75, 3.05) is 7.05 Å². The first kappa shape index (κ1) is 12.7. The predicted molar refractivity (Wildman–Crippen MR) is 82.0 cm³/mol. The first-order valence-electron chi connectivity index (χ1n) is 7.64. The van der Waals surface area contributed by atoms with Gasteiger partial charge in [-0.1, -0.05) is 24.4 Å². The number of nitrogens with one attached hydrogen (secondary N) is 1. The zero-order chi connectivity index (χ0) is 13.7. The van der Waals surface area contributed by atoms with E-state index in [0.717, 1.165) is 39.5 Å². The van der Waals surface area contributed by atoms with Crippen molar-refractivity contribution in [2.45, 2.75) is 31.7 Å². The third-order valence-electron chi connectivity index (χ3n) is 5.22. The average Bonchev–Trinajstić information content (AvgIpc) is 3.01. The Labute approximate surface area is 124 Å². The molecule has 2 fully saturated rings. The molecule has 2 saturated carbocycles. The summed E-state index contributed by atoms with van der Waals surface area (Å²) >= 11 is 6.06. The van der Waals surface area contributed by atoms with E-state index in [1.165, 1.54) is 25.7 Å². The van der Waals surface area contributed by atoms with E-state index >= 15 is 0 Å². The summed E-state index contributed by atoms with van der Waals surface area (Å²) in [6.45, 7) is 0. The van der Waals surface area contributed by atoms with Crippen LogP contribution in [0.3, 0.4) is 0 Å². The van der Waals surface area contributed by atoms with Crippen molar-refractivity contribution in [1.29, 1.82) is 0 Å². The first-order valence-corrected chi connectivity index (χ1v) is 8.02. The van der Waals surface area contributed by atoms with Gasteiger partial charge >= 0.3 is 0 Å². The van der Waals surface area contributed by atoms with Gasteiger partial charge in [0.05, 0.1) is 6.04 Å². The third kappa shape index (κ3) is 1.97. The Kier molecular flexibility index (Phi) is 3.04. The van der Waals surface area contributed by atoms with Crippen molar-refractivity contribution < 1.29 is 4.42 Å². The van der Waals surface area contributed by atoms with Crippen LogP contribution in [0.1, 0.15) is 37.5 Å². The maximum Gasteiger partial charge on any atom is 0.134 e. The highest BCUT2D eigenvalue weighted by atomic mass is 35.5. The molecule has 0 spiro atoms. The molecule has 1 heterocycles. The Bertz CT molecular complexity index is 623. The predicted octanol–water partition coefficient (Wildman–Crippen LogP) is 4.78. The molecule has 3 atom stereocenters. The van der Waals surface area contributed by atoms with Crippen LogP contribution in [0.4, 0.5) is 0 Å². The van der Waals surface area contributed by atoms with Crippen molar-refractivity contribution in [2.24, 2.45) is 17.8 Å². The van der Waals surface area contributed by atoms with Gasteiger partial charge in [-0.25, -0.2) is 0 Å². The van der Waals surface area contributed by atoms with Crippen LogP contribution < -0.4 is 5.32 Å². The molecule has 3 unspecified atom stereocenters. The topological polar surface area (TPSA) is 25.2 Å². The minimum absolute atomic E-state index is 0.356. The molecule has 0 aliphatic heterocycles. The van der Waals surface area contributed by atoms with Gasteiger partial charge in [-0.05, 0) is 61.9 Å². The molecule has 1 aromatic heterocycles. The zero-order valence-electron chi connectivity index (χ0n) is 11.7. The van der Waals surface area contributed by atoms with Crippen LogP contribution in [0.2, 0.25) is 5.02 Å². The van der Waals surface area contributed by atoms with Crippen LogP contribution in [-0.2, 0) is 0 Å². The molecule has 1 N–H and O–H groups in total. The van der Waals surface area contributed by atoms with E-state index in [1.807, 2.05) is 18.2 Å². The maximum absolute atomic E-state index is 6.06. The largest absolute Gasteiger partial charge is 0.459 e. The highest BCUT2D eigenvalue weighted by Crippen LogP contribution is 2.60. The average molecular weight is 290 g/mol. The van der Waals surface area contributed by atoms with Gasteiger partial charge in [0.15, 0.2) is 0 Å². The van der Waals surface area contributed by atoms with Gasteiger partial charge in [0.2, 0.25) is 0 Å². The molecule has 106 valence electrons. The van der Waals surface area contributed by atoms with Crippen molar-refractivity contribution in [3.05, 3.63) is 35.0 Å². The number of benzene rings is 1.